The van der Waals surface area contributed by atoms with Crippen LogP contribution in [-0.2, 0) is 13.1 Å². The van der Waals surface area contributed by atoms with Crippen LogP contribution in [0, 0.1) is 0 Å². The topological polar surface area (TPSA) is 21.3 Å². The van der Waals surface area contributed by atoms with Gasteiger partial charge in [-0.15, -0.1) is 12.4 Å². The van der Waals surface area contributed by atoms with Gasteiger partial charge in [0.1, 0.15) is 5.75 Å². The lowest BCUT2D eigenvalue weighted by Crippen LogP contribution is -2.13. The number of methoxy groups -OCH3 is 1. The van der Waals surface area contributed by atoms with E-state index in [2.05, 4.69) is 51.6 Å². The summed E-state index contributed by atoms with van der Waals surface area (Å²) in [5.74, 6) is 0.916. The largest absolute Gasteiger partial charge is 0.496 e. The van der Waals surface area contributed by atoms with Crippen molar-refractivity contribution in [1.82, 2.24) is 5.32 Å². The van der Waals surface area contributed by atoms with E-state index in [1.165, 1.54) is 5.56 Å². The monoisotopic (exact) mass is 341 g/mol. The summed E-state index contributed by atoms with van der Waals surface area (Å²) in [6.07, 6.45) is 0. The maximum absolute atomic E-state index is 5.34. The molecular weight excluding hydrogens is 326 g/mol. The Morgan fingerprint density at radius 1 is 1.05 bits per heavy atom. The number of hydrogen-bond donors (Lipinski definition) is 1. The van der Waals surface area contributed by atoms with Crippen molar-refractivity contribution in [3.63, 3.8) is 0 Å². The smallest absolute Gasteiger partial charge is 0.123 e. The molecule has 0 aliphatic rings. The van der Waals surface area contributed by atoms with Crippen molar-refractivity contribution in [3.8, 4) is 5.75 Å². The molecule has 0 aromatic heterocycles. The van der Waals surface area contributed by atoms with Crippen molar-refractivity contribution >= 4 is 28.3 Å². The lowest BCUT2D eigenvalue weighted by molar-refractivity contribution is 0.407. The molecule has 0 unspecified atom stereocenters. The van der Waals surface area contributed by atoms with Crippen LogP contribution < -0.4 is 10.1 Å². The van der Waals surface area contributed by atoms with Crippen LogP contribution in [-0.4, -0.2) is 7.11 Å². The zero-order valence-electron chi connectivity index (χ0n) is 10.7. The Kier molecular flexibility index (Phi) is 6.92. The zero-order valence-corrected chi connectivity index (χ0v) is 13.1. The molecule has 0 bridgehead atoms. The first kappa shape index (κ1) is 16.0. The lowest BCUT2D eigenvalue weighted by atomic mass is 10.2. The zero-order chi connectivity index (χ0) is 12.8. The molecule has 102 valence electrons. The molecule has 1 N–H and O–H groups in total. The summed E-state index contributed by atoms with van der Waals surface area (Å²) in [7, 11) is 1.70. The van der Waals surface area contributed by atoms with Crippen LogP contribution in [0.5, 0.6) is 5.75 Å². The van der Waals surface area contributed by atoms with E-state index in [0.717, 1.165) is 28.9 Å². The van der Waals surface area contributed by atoms with E-state index in [4.69, 9.17) is 4.74 Å². The summed E-state index contributed by atoms with van der Waals surface area (Å²) < 4.78 is 6.41. The Balaban J connectivity index is 0.00000180. The summed E-state index contributed by atoms with van der Waals surface area (Å²) in [4.78, 5) is 0. The van der Waals surface area contributed by atoms with Crippen molar-refractivity contribution in [2.75, 3.05) is 7.11 Å². The van der Waals surface area contributed by atoms with Crippen LogP contribution in [0.1, 0.15) is 11.1 Å². The molecule has 0 radical (unpaired) electrons. The minimum Gasteiger partial charge on any atom is -0.496 e. The van der Waals surface area contributed by atoms with Gasteiger partial charge in [0.25, 0.3) is 0 Å². The van der Waals surface area contributed by atoms with Gasteiger partial charge in [-0.2, -0.15) is 0 Å². The third-order valence-electron chi connectivity index (χ3n) is 2.73. The lowest BCUT2D eigenvalue weighted by Gasteiger charge is -2.10. The average molecular weight is 343 g/mol. The van der Waals surface area contributed by atoms with Crippen LogP contribution in [0.25, 0.3) is 0 Å². The van der Waals surface area contributed by atoms with E-state index in [0.29, 0.717) is 0 Å². The van der Waals surface area contributed by atoms with Crippen LogP contribution in [0.4, 0.5) is 0 Å². The maximum atomic E-state index is 5.34. The van der Waals surface area contributed by atoms with Crippen molar-refractivity contribution < 1.29 is 4.74 Å². The molecule has 0 aliphatic heterocycles. The summed E-state index contributed by atoms with van der Waals surface area (Å²) in [5.41, 5.74) is 2.44. The Morgan fingerprint density at radius 3 is 2.47 bits per heavy atom. The van der Waals surface area contributed by atoms with Gasteiger partial charge in [0.2, 0.25) is 0 Å². The Morgan fingerprint density at radius 2 is 1.79 bits per heavy atom. The Labute approximate surface area is 128 Å². The van der Waals surface area contributed by atoms with Gasteiger partial charge >= 0.3 is 0 Å². The normalized spacial score (nSPS) is 9.79. The van der Waals surface area contributed by atoms with Crippen molar-refractivity contribution in [2.24, 2.45) is 0 Å². The van der Waals surface area contributed by atoms with Gasteiger partial charge in [0.15, 0.2) is 0 Å². The van der Waals surface area contributed by atoms with E-state index >= 15 is 0 Å². The van der Waals surface area contributed by atoms with Crippen molar-refractivity contribution in [1.29, 1.82) is 0 Å². The number of nitrogens with one attached hydrogen (secondary N) is 1. The Bertz CT molecular complexity index is 505. The van der Waals surface area contributed by atoms with E-state index in [1.54, 1.807) is 7.11 Å². The first-order valence-electron chi connectivity index (χ1n) is 5.86. The molecule has 0 spiro atoms. The van der Waals surface area contributed by atoms with Crippen molar-refractivity contribution in [3.05, 3.63) is 64.1 Å². The van der Waals surface area contributed by atoms with Gasteiger partial charge in [0.05, 0.1) is 7.11 Å². The fraction of sp³-hybridized carbons (Fsp3) is 0.200. The predicted molar refractivity (Wildman–Crippen MR) is 84.9 cm³/mol. The molecule has 0 atom stereocenters. The predicted octanol–water partition coefficient (Wildman–Crippen LogP) is 4.17. The maximum Gasteiger partial charge on any atom is 0.123 e. The van der Waals surface area contributed by atoms with Gasteiger partial charge in [-0.25, -0.2) is 0 Å². The highest BCUT2D eigenvalue weighted by Gasteiger charge is 2.03. The highest BCUT2D eigenvalue weighted by atomic mass is 79.9. The molecule has 2 aromatic rings. The van der Waals surface area contributed by atoms with E-state index in [-0.39, 0.29) is 12.4 Å². The fourth-order valence-electron chi connectivity index (χ4n) is 1.82. The molecule has 19 heavy (non-hydrogen) atoms. The van der Waals surface area contributed by atoms with Crippen LogP contribution in [0.2, 0.25) is 0 Å². The van der Waals surface area contributed by atoms with Crippen molar-refractivity contribution in [2.45, 2.75) is 13.1 Å². The molecule has 0 fully saturated rings. The quantitative estimate of drug-likeness (QED) is 0.880. The molecule has 0 heterocycles. The third-order valence-corrected chi connectivity index (χ3v) is 3.22. The first-order chi connectivity index (χ1) is 8.79. The number of rotatable bonds is 5. The average Bonchev–Trinajstić information content (AvgIpc) is 2.40. The highest BCUT2D eigenvalue weighted by molar-refractivity contribution is 9.10. The Hall–Kier alpha value is -1.03. The minimum atomic E-state index is 0. The van der Waals surface area contributed by atoms with E-state index < -0.39 is 0 Å². The minimum absolute atomic E-state index is 0. The number of ether oxygens (including phenoxy) is 1. The standard InChI is InChI=1S/C15H16BrNO.ClH/c1-18-15-8-7-14(16)9-13(15)11-17-10-12-5-3-2-4-6-12;/h2-9,17H,10-11H2,1H3;1H. The van der Waals surface area contributed by atoms with Crippen LogP contribution in [0.3, 0.4) is 0 Å². The summed E-state index contributed by atoms with van der Waals surface area (Å²) >= 11 is 3.48. The molecule has 0 amide bonds. The second kappa shape index (κ2) is 8.20. The number of benzene rings is 2. The molecule has 0 aliphatic carbocycles. The second-order valence-corrected chi connectivity index (χ2v) is 4.96. The number of halogens is 2. The molecule has 4 heteroatoms. The van der Waals surface area contributed by atoms with E-state index in [9.17, 15) is 0 Å². The van der Waals surface area contributed by atoms with Gasteiger partial charge in [0, 0.05) is 23.1 Å². The SMILES string of the molecule is COc1ccc(Br)cc1CNCc1ccccc1.Cl. The third kappa shape index (κ3) is 4.86. The fourth-order valence-corrected chi connectivity index (χ4v) is 2.23. The molecule has 2 nitrogen and oxygen atoms in total. The summed E-state index contributed by atoms with van der Waals surface area (Å²) in [6, 6.07) is 16.4. The molecule has 2 rings (SSSR count). The van der Waals surface area contributed by atoms with Crippen LogP contribution >= 0.6 is 28.3 Å². The van der Waals surface area contributed by atoms with Gasteiger partial charge in [-0.3, -0.25) is 0 Å². The number of hydrogen-bond acceptors (Lipinski definition) is 2. The van der Waals surface area contributed by atoms with E-state index in [1.807, 2.05) is 18.2 Å². The summed E-state index contributed by atoms with van der Waals surface area (Å²) in [6.45, 7) is 1.65. The van der Waals surface area contributed by atoms with Gasteiger partial charge in [-0.05, 0) is 23.8 Å². The first-order valence-corrected chi connectivity index (χ1v) is 6.66. The molecule has 0 saturated carbocycles. The molecule has 0 saturated heterocycles. The second-order valence-electron chi connectivity index (χ2n) is 4.05. The molecular formula is C15H17BrClNO. The van der Waals surface area contributed by atoms with Crippen LogP contribution in [0.15, 0.2) is 53.0 Å². The summed E-state index contributed by atoms with van der Waals surface area (Å²) in [5, 5.41) is 3.42. The highest BCUT2D eigenvalue weighted by Crippen LogP contribution is 2.22. The molecule has 2 aromatic carbocycles. The van der Waals surface area contributed by atoms with Gasteiger partial charge < -0.3 is 10.1 Å². The van der Waals surface area contributed by atoms with Gasteiger partial charge in [-0.1, -0.05) is 46.3 Å².